The minimum Gasteiger partial charge on any atom is -0.469 e. The molecule has 1 aromatic carbocycles. The monoisotopic (exact) mass is 401 g/mol. The van der Waals surface area contributed by atoms with E-state index in [9.17, 15) is 14.4 Å². The highest BCUT2D eigenvalue weighted by molar-refractivity contribution is 5.77. The van der Waals surface area contributed by atoms with E-state index >= 15 is 0 Å². The fraction of sp³-hybridized carbons (Fsp3) is 0.545. The second kappa shape index (κ2) is 12.0. The second-order valence-corrected chi connectivity index (χ2v) is 7.18. The standard InChI is InChI=1S/C22H31N3O4/c1-17-24-19-12-8-7-11-18(19)22(28)25(17)16-10-13-20(26)23-15-9-5-3-4-6-14-21(27)29-2/h7-8,11-12H,3-6,9-10,13-16H2,1-2H3,(H,23,26). The molecular weight excluding hydrogens is 370 g/mol. The van der Waals surface area contributed by atoms with E-state index in [4.69, 9.17) is 0 Å². The molecule has 7 nitrogen and oxygen atoms in total. The van der Waals surface area contributed by atoms with E-state index in [1.54, 1.807) is 10.6 Å². The third-order valence-corrected chi connectivity index (χ3v) is 4.95. The van der Waals surface area contributed by atoms with Crippen LogP contribution in [0.25, 0.3) is 10.9 Å². The van der Waals surface area contributed by atoms with Gasteiger partial charge in [-0.15, -0.1) is 0 Å². The molecule has 1 N–H and O–H groups in total. The lowest BCUT2D eigenvalue weighted by Gasteiger charge is -2.11. The summed E-state index contributed by atoms with van der Waals surface area (Å²) in [7, 11) is 1.41. The number of aromatic nitrogens is 2. The number of nitrogens with one attached hydrogen (secondary N) is 1. The van der Waals surface area contributed by atoms with Gasteiger partial charge < -0.3 is 10.1 Å². The molecule has 2 rings (SSSR count). The van der Waals surface area contributed by atoms with Gasteiger partial charge in [-0.1, -0.05) is 31.4 Å². The Morgan fingerprint density at radius 2 is 1.76 bits per heavy atom. The first-order valence-electron chi connectivity index (χ1n) is 10.3. The molecule has 0 fully saturated rings. The number of esters is 1. The van der Waals surface area contributed by atoms with Crippen molar-refractivity contribution in [1.82, 2.24) is 14.9 Å². The Morgan fingerprint density at radius 3 is 2.55 bits per heavy atom. The lowest BCUT2D eigenvalue weighted by Crippen LogP contribution is -2.27. The largest absolute Gasteiger partial charge is 0.469 e. The summed E-state index contributed by atoms with van der Waals surface area (Å²) in [5, 5.41) is 3.54. The summed E-state index contributed by atoms with van der Waals surface area (Å²) >= 11 is 0. The van der Waals surface area contributed by atoms with Gasteiger partial charge in [-0.25, -0.2) is 4.98 Å². The van der Waals surface area contributed by atoms with Crippen LogP contribution in [-0.2, 0) is 20.9 Å². The average molecular weight is 402 g/mol. The van der Waals surface area contributed by atoms with Gasteiger partial charge in [0.2, 0.25) is 5.91 Å². The predicted octanol–water partition coefficient (Wildman–Crippen LogP) is 3.11. The fourth-order valence-corrected chi connectivity index (χ4v) is 3.28. The van der Waals surface area contributed by atoms with E-state index in [0.717, 1.165) is 32.1 Å². The van der Waals surface area contributed by atoms with Crippen LogP contribution in [0.3, 0.4) is 0 Å². The number of carbonyl (C=O) groups excluding carboxylic acids is 2. The number of hydrogen-bond donors (Lipinski definition) is 1. The molecule has 0 bridgehead atoms. The molecule has 0 radical (unpaired) electrons. The van der Waals surface area contributed by atoms with Crippen LogP contribution in [0.2, 0.25) is 0 Å². The maximum atomic E-state index is 12.6. The third kappa shape index (κ3) is 7.33. The van der Waals surface area contributed by atoms with E-state index in [-0.39, 0.29) is 17.4 Å². The first kappa shape index (κ1) is 22.6. The van der Waals surface area contributed by atoms with Crippen LogP contribution in [0, 0.1) is 6.92 Å². The fourth-order valence-electron chi connectivity index (χ4n) is 3.28. The minimum atomic E-state index is -0.158. The van der Waals surface area contributed by atoms with Crippen LogP contribution in [0.1, 0.15) is 57.2 Å². The lowest BCUT2D eigenvalue weighted by atomic mass is 10.1. The summed E-state index contributed by atoms with van der Waals surface area (Å²) in [6, 6.07) is 7.31. The molecule has 0 atom stereocenters. The predicted molar refractivity (Wildman–Crippen MR) is 113 cm³/mol. The topological polar surface area (TPSA) is 90.3 Å². The Hall–Kier alpha value is -2.70. The number of para-hydroxylation sites is 1. The zero-order valence-electron chi connectivity index (χ0n) is 17.4. The quantitative estimate of drug-likeness (QED) is 0.436. The third-order valence-electron chi connectivity index (χ3n) is 4.95. The molecule has 2 aromatic rings. The van der Waals surface area contributed by atoms with Crippen molar-refractivity contribution in [3.05, 3.63) is 40.4 Å². The maximum absolute atomic E-state index is 12.6. The van der Waals surface area contributed by atoms with Crippen LogP contribution in [0.5, 0.6) is 0 Å². The number of methoxy groups -OCH3 is 1. The molecule has 158 valence electrons. The van der Waals surface area contributed by atoms with Crippen molar-refractivity contribution < 1.29 is 14.3 Å². The van der Waals surface area contributed by atoms with Crippen molar-refractivity contribution in [1.29, 1.82) is 0 Å². The molecule has 0 aliphatic heterocycles. The number of nitrogens with zero attached hydrogens (tertiary/aromatic N) is 2. The molecule has 7 heteroatoms. The molecule has 0 saturated heterocycles. The van der Waals surface area contributed by atoms with Gasteiger partial charge in [0, 0.05) is 25.9 Å². The molecule has 1 aromatic heterocycles. The van der Waals surface area contributed by atoms with E-state index in [2.05, 4.69) is 15.0 Å². The van der Waals surface area contributed by atoms with Crippen molar-refractivity contribution in [3.63, 3.8) is 0 Å². The van der Waals surface area contributed by atoms with Gasteiger partial charge in [0.1, 0.15) is 5.82 Å². The van der Waals surface area contributed by atoms with Crippen LogP contribution in [0.4, 0.5) is 0 Å². The first-order valence-corrected chi connectivity index (χ1v) is 10.3. The van der Waals surface area contributed by atoms with Crippen LogP contribution >= 0.6 is 0 Å². The highest BCUT2D eigenvalue weighted by Crippen LogP contribution is 2.08. The number of rotatable bonds is 12. The molecule has 1 amide bonds. The molecular formula is C22H31N3O4. The number of fused-ring (bicyclic) bond motifs is 1. The first-order chi connectivity index (χ1) is 14.0. The number of aryl methyl sites for hydroxylation is 1. The molecule has 29 heavy (non-hydrogen) atoms. The smallest absolute Gasteiger partial charge is 0.305 e. The van der Waals surface area contributed by atoms with E-state index in [1.807, 2.05) is 25.1 Å². The molecule has 0 aliphatic rings. The Bertz CT molecular complexity index is 876. The molecule has 0 spiro atoms. The summed E-state index contributed by atoms with van der Waals surface area (Å²) in [6.45, 7) is 2.96. The van der Waals surface area contributed by atoms with Crippen molar-refractivity contribution in [3.8, 4) is 0 Å². The summed E-state index contributed by atoms with van der Waals surface area (Å²) in [6.07, 6.45) is 6.30. The van der Waals surface area contributed by atoms with Gasteiger partial charge in [0.15, 0.2) is 0 Å². The number of carbonyl (C=O) groups is 2. The highest BCUT2D eigenvalue weighted by Gasteiger charge is 2.08. The zero-order valence-corrected chi connectivity index (χ0v) is 17.4. The molecule has 0 saturated carbocycles. The second-order valence-electron chi connectivity index (χ2n) is 7.18. The van der Waals surface area contributed by atoms with Crippen molar-refractivity contribution >= 4 is 22.8 Å². The SMILES string of the molecule is COC(=O)CCCCCCCNC(=O)CCCn1c(C)nc2ccccc2c1=O. The van der Waals surface area contributed by atoms with Gasteiger partial charge >= 0.3 is 5.97 Å². The van der Waals surface area contributed by atoms with Crippen LogP contribution in [0.15, 0.2) is 29.1 Å². The summed E-state index contributed by atoms with van der Waals surface area (Å²) in [5.74, 6) is 0.519. The summed E-state index contributed by atoms with van der Waals surface area (Å²) in [4.78, 5) is 40.1. The number of ether oxygens (including phenoxy) is 1. The van der Waals surface area contributed by atoms with Gasteiger partial charge in [0.05, 0.1) is 18.0 Å². The Morgan fingerprint density at radius 1 is 1.03 bits per heavy atom. The number of unbranched alkanes of at least 4 members (excludes halogenated alkanes) is 4. The zero-order chi connectivity index (χ0) is 21.1. The maximum Gasteiger partial charge on any atom is 0.305 e. The van der Waals surface area contributed by atoms with E-state index in [1.165, 1.54) is 7.11 Å². The highest BCUT2D eigenvalue weighted by atomic mass is 16.5. The van der Waals surface area contributed by atoms with Gasteiger partial charge in [-0.3, -0.25) is 19.0 Å². The Balaban J connectivity index is 1.62. The van der Waals surface area contributed by atoms with Crippen molar-refractivity contribution in [2.24, 2.45) is 0 Å². The van der Waals surface area contributed by atoms with E-state index < -0.39 is 0 Å². The Kier molecular flexibility index (Phi) is 9.34. The lowest BCUT2D eigenvalue weighted by molar-refractivity contribution is -0.140. The summed E-state index contributed by atoms with van der Waals surface area (Å²) in [5.41, 5.74) is 0.648. The van der Waals surface area contributed by atoms with Crippen LogP contribution < -0.4 is 10.9 Å². The van der Waals surface area contributed by atoms with Crippen molar-refractivity contribution in [2.75, 3.05) is 13.7 Å². The molecule has 1 heterocycles. The van der Waals surface area contributed by atoms with Gasteiger partial charge in [-0.05, 0) is 38.3 Å². The minimum absolute atomic E-state index is 0.00939. The van der Waals surface area contributed by atoms with Gasteiger partial charge in [-0.2, -0.15) is 0 Å². The number of hydrogen-bond acceptors (Lipinski definition) is 5. The normalized spacial score (nSPS) is 10.8. The number of benzene rings is 1. The summed E-state index contributed by atoms with van der Waals surface area (Å²) < 4.78 is 6.25. The Labute approximate surface area is 171 Å². The van der Waals surface area contributed by atoms with Crippen molar-refractivity contribution in [2.45, 2.75) is 64.8 Å². The number of amides is 1. The molecule has 0 aliphatic carbocycles. The van der Waals surface area contributed by atoms with Gasteiger partial charge in [0.25, 0.3) is 5.56 Å². The van der Waals surface area contributed by atoms with E-state index in [0.29, 0.717) is 49.1 Å². The van der Waals surface area contributed by atoms with Crippen LogP contribution in [-0.4, -0.2) is 35.1 Å². The average Bonchev–Trinajstić information content (AvgIpc) is 2.72. The molecule has 0 unspecified atom stereocenters.